The van der Waals surface area contributed by atoms with E-state index < -0.39 is 0 Å². The highest BCUT2D eigenvalue weighted by Crippen LogP contribution is 2.13. The van der Waals surface area contributed by atoms with Gasteiger partial charge in [0.2, 0.25) is 0 Å². The van der Waals surface area contributed by atoms with Gasteiger partial charge in [0.25, 0.3) is 5.56 Å². The maximum Gasteiger partial charge on any atom is 0.250 e. The predicted octanol–water partition coefficient (Wildman–Crippen LogP) is 1.14. The Hall–Kier alpha value is -2.12. The van der Waals surface area contributed by atoms with Crippen molar-refractivity contribution in [1.82, 2.24) is 19.9 Å². The van der Waals surface area contributed by atoms with Gasteiger partial charge in [-0.25, -0.2) is 9.37 Å². The van der Waals surface area contributed by atoms with E-state index in [0.29, 0.717) is 19.6 Å². The molecule has 1 aliphatic heterocycles. The van der Waals surface area contributed by atoms with Crippen LogP contribution in [0.15, 0.2) is 35.5 Å². The first-order chi connectivity index (χ1) is 11.2. The summed E-state index contributed by atoms with van der Waals surface area (Å²) in [5, 5.41) is 0. The highest BCUT2D eigenvalue weighted by Gasteiger charge is 2.20. The second kappa shape index (κ2) is 7.43. The molecule has 23 heavy (non-hydrogen) atoms. The number of aryl methyl sites for hydroxylation is 1. The maximum atomic E-state index is 12.9. The Morgan fingerprint density at radius 3 is 3.04 bits per heavy atom. The fraction of sp³-hybridized carbons (Fsp3) is 0.438. The quantitative estimate of drug-likeness (QED) is 0.895. The van der Waals surface area contributed by atoms with Crippen molar-refractivity contribution in [1.29, 1.82) is 0 Å². The number of aromatic amines is 1. The van der Waals surface area contributed by atoms with E-state index in [-0.39, 0.29) is 17.5 Å². The molecular weight excluding hydrogens is 299 g/mol. The number of H-pyrrole nitrogens is 1. The highest BCUT2D eigenvalue weighted by atomic mass is 19.1. The number of rotatable bonds is 5. The summed E-state index contributed by atoms with van der Waals surface area (Å²) in [6, 6.07) is 4.65. The smallest absolute Gasteiger partial charge is 0.250 e. The van der Waals surface area contributed by atoms with Crippen LogP contribution in [0.3, 0.4) is 0 Å². The molecule has 2 aromatic rings. The fourth-order valence-corrected chi connectivity index (χ4v) is 2.68. The van der Waals surface area contributed by atoms with Crippen molar-refractivity contribution in [2.24, 2.45) is 0 Å². The average Bonchev–Trinajstić information content (AvgIpc) is 2.56. The van der Waals surface area contributed by atoms with Gasteiger partial charge >= 0.3 is 0 Å². The van der Waals surface area contributed by atoms with Crippen molar-refractivity contribution in [3.63, 3.8) is 0 Å². The van der Waals surface area contributed by atoms with E-state index in [9.17, 15) is 9.18 Å². The van der Waals surface area contributed by atoms with E-state index in [0.717, 1.165) is 30.9 Å². The molecular formula is C16H19FN4O2. The first kappa shape index (κ1) is 15.8. The van der Waals surface area contributed by atoms with Crippen molar-refractivity contribution < 1.29 is 9.13 Å². The molecule has 7 heteroatoms. The minimum Gasteiger partial charge on any atom is -0.376 e. The van der Waals surface area contributed by atoms with Crippen LogP contribution in [0, 0.1) is 5.82 Å². The zero-order chi connectivity index (χ0) is 16.1. The number of ether oxygens (including phenoxy) is 1. The average molecular weight is 318 g/mol. The number of aromatic nitrogens is 3. The van der Waals surface area contributed by atoms with E-state index in [1.807, 2.05) is 0 Å². The molecule has 0 aromatic carbocycles. The molecule has 2 aromatic heterocycles. The van der Waals surface area contributed by atoms with Crippen LogP contribution in [0.5, 0.6) is 0 Å². The summed E-state index contributed by atoms with van der Waals surface area (Å²) in [4.78, 5) is 24.3. The van der Waals surface area contributed by atoms with Crippen molar-refractivity contribution in [3.05, 3.63) is 58.3 Å². The zero-order valence-electron chi connectivity index (χ0n) is 12.7. The summed E-state index contributed by atoms with van der Waals surface area (Å²) in [5.41, 5.74) is 1.49. The third-order valence-electron chi connectivity index (χ3n) is 3.85. The van der Waals surface area contributed by atoms with E-state index in [1.54, 1.807) is 6.07 Å². The van der Waals surface area contributed by atoms with Gasteiger partial charge in [-0.2, -0.15) is 0 Å². The summed E-state index contributed by atoms with van der Waals surface area (Å²) in [6.07, 6.45) is 4.28. The molecule has 0 unspecified atom stereocenters. The Bertz CT molecular complexity index is 689. The molecule has 0 spiro atoms. The number of hydrogen-bond acceptors (Lipinski definition) is 5. The monoisotopic (exact) mass is 318 g/mol. The van der Waals surface area contributed by atoms with Crippen LogP contribution in [0.25, 0.3) is 0 Å². The third-order valence-corrected chi connectivity index (χ3v) is 3.85. The van der Waals surface area contributed by atoms with E-state index in [1.165, 1.54) is 24.7 Å². The molecule has 0 bridgehead atoms. The second-order valence-corrected chi connectivity index (χ2v) is 5.64. The second-order valence-electron chi connectivity index (χ2n) is 5.64. The number of nitrogens with one attached hydrogen (secondary N) is 1. The van der Waals surface area contributed by atoms with Crippen LogP contribution in [-0.2, 0) is 17.7 Å². The SMILES string of the molecule is O=c1cc(CC[C@H]2CN(Cc3ccc(F)cn3)CCO2)nc[nH]1. The summed E-state index contributed by atoms with van der Waals surface area (Å²) < 4.78 is 18.7. The van der Waals surface area contributed by atoms with Gasteiger partial charge in [0.1, 0.15) is 5.82 Å². The molecule has 0 radical (unpaired) electrons. The van der Waals surface area contributed by atoms with Crippen LogP contribution in [0.2, 0.25) is 0 Å². The van der Waals surface area contributed by atoms with Crippen molar-refractivity contribution in [2.45, 2.75) is 25.5 Å². The Labute approximate surface area is 133 Å². The Balaban J connectivity index is 1.51. The van der Waals surface area contributed by atoms with Gasteiger partial charge in [-0.05, 0) is 25.0 Å². The fourth-order valence-electron chi connectivity index (χ4n) is 2.68. The zero-order valence-corrected chi connectivity index (χ0v) is 12.7. The van der Waals surface area contributed by atoms with Crippen LogP contribution >= 0.6 is 0 Å². The van der Waals surface area contributed by atoms with Crippen molar-refractivity contribution in [3.8, 4) is 0 Å². The Morgan fingerprint density at radius 2 is 2.26 bits per heavy atom. The number of hydrogen-bond donors (Lipinski definition) is 1. The molecule has 1 atom stereocenters. The van der Waals surface area contributed by atoms with Crippen LogP contribution in [0.4, 0.5) is 4.39 Å². The van der Waals surface area contributed by atoms with Crippen LogP contribution < -0.4 is 5.56 Å². The lowest BCUT2D eigenvalue weighted by Crippen LogP contribution is -2.42. The first-order valence-electron chi connectivity index (χ1n) is 7.67. The lowest BCUT2D eigenvalue weighted by atomic mass is 10.1. The first-order valence-corrected chi connectivity index (χ1v) is 7.67. The molecule has 122 valence electrons. The number of pyridine rings is 1. The van der Waals surface area contributed by atoms with Crippen LogP contribution in [-0.4, -0.2) is 45.7 Å². The standard InChI is InChI=1S/C16H19FN4O2/c17-12-1-2-14(18-8-12)9-21-5-6-23-15(10-21)4-3-13-7-16(22)20-11-19-13/h1-2,7-8,11,15H,3-6,9-10H2,(H,19,20,22)/t15-/m0/s1. The number of halogens is 1. The summed E-state index contributed by atoms with van der Waals surface area (Å²) >= 11 is 0. The minimum atomic E-state index is -0.320. The Morgan fingerprint density at radius 1 is 1.35 bits per heavy atom. The predicted molar refractivity (Wildman–Crippen MR) is 82.4 cm³/mol. The van der Waals surface area contributed by atoms with Crippen molar-refractivity contribution in [2.75, 3.05) is 19.7 Å². The molecule has 1 saturated heterocycles. The van der Waals surface area contributed by atoms with E-state index >= 15 is 0 Å². The van der Waals surface area contributed by atoms with E-state index in [2.05, 4.69) is 19.9 Å². The van der Waals surface area contributed by atoms with Gasteiger partial charge in [0.15, 0.2) is 0 Å². The summed E-state index contributed by atoms with van der Waals surface area (Å²) in [5.74, 6) is -0.320. The molecule has 3 rings (SSSR count). The van der Waals surface area contributed by atoms with Crippen LogP contribution in [0.1, 0.15) is 17.8 Å². The van der Waals surface area contributed by atoms with Gasteiger partial charge in [-0.15, -0.1) is 0 Å². The van der Waals surface area contributed by atoms with Gasteiger partial charge < -0.3 is 9.72 Å². The van der Waals surface area contributed by atoms with E-state index in [4.69, 9.17) is 4.74 Å². The Kier molecular flexibility index (Phi) is 5.09. The highest BCUT2D eigenvalue weighted by molar-refractivity contribution is 5.05. The molecule has 1 fully saturated rings. The molecule has 0 aliphatic carbocycles. The number of morpholine rings is 1. The van der Waals surface area contributed by atoms with Gasteiger partial charge in [0.05, 0.1) is 30.9 Å². The molecule has 1 N–H and O–H groups in total. The van der Waals surface area contributed by atoms with Gasteiger partial charge in [-0.3, -0.25) is 14.7 Å². The normalized spacial score (nSPS) is 18.9. The van der Waals surface area contributed by atoms with Crippen molar-refractivity contribution >= 4 is 0 Å². The minimum absolute atomic E-state index is 0.102. The molecule has 1 aliphatic rings. The summed E-state index contributed by atoms with van der Waals surface area (Å²) in [7, 11) is 0. The molecule has 3 heterocycles. The third kappa shape index (κ3) is 4.67. The molecule has 6 nitrogen and oxygen atoms in total. The summed E-state index contributed by atoms with van der Waals surface area (Å²) in [6.45, 7) is 2.97. The largest absolute Gasteiger partial charge is 0.376 e. The van der Waals surface area contributed by atoms with Gasteiger partial charge in [0, 0.05) is 31.4 Å². The number of nitrogens with zero attached hydrogens (tertiary/aromatic N) is 3. The molecule has 0 saturated carbocycles. The maximum absolute atomic E-state index is 12.9. The lowest BCUT2D eigenvalue weighted by Gasteiger charge is -2.32. The molecule has 0 amide bonds. The topological polar surface area (TPSA) is 71.1 Å². The lowest BCUT2D eigenvalue weighted by molar-refractivity contribution is -0.0350. The van der Waals surface area contributed by atoms with Gasteiger partial charge in [-0.1, -0.05) is 0 Å².